The zero-order valence-electron chi connectivity index (χ0n) is 8.94. The van der Waals surface area contributed by atoms with Gasteiger partial charge in [-0.3, -0.25) is 0 Å². The molecule has 88 valence electrons. The molecule has 0 aromatic heterocycles. The molecule has 0 amide bonds. The molecule has 0 heterocycles. The maximum atomic E-state index is 13.4. The Kier molecular flexibility index (Phi) is 4.64. The van der Waals surface area contributed by atoms with Crippen LogP contribution in [0.1, 0.15) is 18.9 Å². The first-order valence-electron chi connectivity index (χ1n) is 4.91. The van der Waals surface area contributed by atoms with E-state index in [0.717, 1.165) is 0 Å². The summed E-state index contributed by atoms with van der Waals surface area (Å²) in [7, 11) is 0. The monoisotopic (exact) mass is 243 g/mol. The lowest BCUT2D eigenvalue weighted by Crippen LogP contribution is -2.12. The van der Waals surface area contributed by atoms with Crippen molar-refractivity contribution in [3.8, 4) is 5.75 Å². The van der Waals surface area contributed by atoms with Crippen LogP contribution >= 0.6 is 12.2 Å². The summed E-state index contributed by atoms with van der Waals surface area (Å²) in [6.07, 6.45) is 0.0688. The highest BCUT2D eigenvalue weighted by Gasteiger charge is 2.06. The normalized spacial score (nSPS) is 12.2. The first-order chi connectivity index (χ1) is 7.50. The average Bonchev–Trinajstić information content (AvgIpc) is 2.16. The summed E-state index contributed by atoms with van der Waals surface area (Å²) in [6, 6.07) is 4.31. The van der Waals surface area contributed by atoms with Gasteiger partial charge in [0.15, 0.2) is 0 Å². The number of hydrogen-bond donors (Lipinski definition) is 2. The molecule has 1 unspecified atom stereocenters. The minimum Gasteiger partial charge on any atom is -0.493 e. The Morgan fingerprint density at radius 1 is 1.62 bits per heavy atom. The zero-order valence-corrected chi connectivity index (χ0v) is 9.76. The molecule has 0 saturated heterocycles. The van der Waals surface area contributed by atoms with Crippen molar-refractivity contribution < 1.29 is 14.2 Å². The van der Waals surface area contributed by atoms with Crippen molar-refractivity contribution in [2.75, 3.05) is 6.61 Å². The number of benzene rings is 1. The topological polar surface area (TPSA) is 55.5 Å². The summed E-state index contributed by atoms with van der Waals surface area (Å²) in [5.74, 6) is -0.0970. The summed E-state index contributed by atoms with van der Waals surface area (Å²) in [5.41, 5.74) is 5.53. The number of halogens is 1. The molecule has 1 rings (SSSR count). The van der Waals surface area contributed by atoms with E-state index in [0.29, 0.717) is 18.8 Å². The van der Waals surface area contributed by atoms with Crippen molar-refractivity contribution in [1.82, 2.24) is 0 Å². The number of ether oxygens (including phenoxy) is 1. The standard InChI is InChI=1S/C11H14FNO2S/c1-7(14)4-5-15-8-2-3-9(11(13)16)10(12)6-8/h2-3,6-7,14H,4-5H2,1H3,(H2,13,16). The van der Waals surface area contributed by atoms with E-state index in [4.69, 9.17) is 15.6 Å². The molecule has 0 aliphatic carbocycles. The molecule has 16 heavy (non-hydrogen) atoms. The van der Waals surface area contributed by atoms with Gasteiger partial charge in [0.1, 0.15) is 16.6 Å². The second kappa shape index (κ2) is 5.77. The maximum absolute atomic E-state index is 13.4. The lowest BCUT2D eigenvalue weighted by atomic mass is 10.2. The molecular weight excluding hydrogens is 229 g/mol. The van der Waals surface area contributed by atoms with Crippen molar-refractivity contribution in [3.63, 3.8) is 0 Å². The van der Waals surface area contributed by atoms with Crippen LogP contribution in [0.2, 0.25) is 0 Å². The molecule has 0 spiro atoms. The van der Waals surface area contributed by atoms with Crippen molar-refractivity contribution in [1.29, 1.82) is 0 Å². The minimum absolute atomic E-state index is 0.0213. The van der Waals surface area contributed by atoms with Gasteiger partial charge in [0, 0.05) is 18.1 Å². The van der Waals surface area contributed by atoms with Gasteiger partial charge < -0.3 is 15.6 Å². The number of thiocarbonyl (C=S) groups is 1. The van der Waals surface area contributed by atoms with E-state index in [1.165, 1.54) is 12.1 Å². The van der Waals surface area contributed by atoms with E-state index in [1.807, 2.05) is 0 Å². The van der Waals surface area contributed by atoms with Crippen molar-refractivity contribution in [2.24, 2.45) is 5.73 Å². The smallest absolute Gasteiger partial charge is 0.137 e. The molecule has 3 nitrogen and oxygen atoms in total. The highest BCUT2D eigenvalue weighted by Crippen LogP contribution is 2.16. The Balaban J connectivity index is 2.63. The Morgan fingerprint density at radius 2 is 2.31 bits per heavy atom. The summed E-state index contributed by atoms with van der Waals surface area (Å²) < 4.78 is 18.6. The van der Waals surface area contributed by atoms with Crippen LogP contribution in [0.3, 0.4) is 0 Å². The highest BCUT2D eigenvalue weighted by molar-refractivity contribution is 7.80. The van der Waals surface area contributed by atoms with E-state index < -0.39 is 11.9 Å². The second-order valence-corrected chi connectivity index (χ2v) is 3.93. The van der Waals surface area contributed by atoms with Gasteiger partial charge in [-0.05, 0) is 19.1 Å². The number of nitrogens with two attached hydrogens (primary N) is 1. The first kappa shape index (κ1) is 12.9. The molecule has 3 N–H and O–H groups in total. The van der Waals surface area contributed by atoms with Gasteiger partial charge in [0.05, 0.1) is 12.7 Å². The molecule has 0 fully saturated rings. The molecule has 1 aromatic rings. The molecular formula is C11H14FNO2S. The average molecular weight is 243 g/mol. The quantitative estimate of drug-likeness (QED) is 0.771. The van der Waals surface area contributed by atoms with Gasteiger partial charge in [0.2, 0.25) is 0 Å². The van der Waals surface area contributed by atoms with Crippen molar-refractivity contribution in [2.45, 2.75) is 19.4 Å². The van der Waals surface area contributed by atoms with Crippen LogP contribution < -0.4 is 10.5 Å². The minimum atomic E-state index is -0.498. The second-order valence-electron chi connectivity index (χ2n) is 3.49. The molecule has 5 heteroatoms. The van der Waals surface area contributed by atoms with Crippen LogP contribution in [-0.2, 0) is 0 Å². The SMILES string of the molecule is CC(O)CCOc1ccc(C(N)=S)c(F)c1. The van der Waals surface area contributed by atoms with E-state index >= 15 is 0 Å². The molecule has 0 radical (unpaired) electrons. The van der Waals surface area contributed by atoms with Crippen molar-refractivity contribution in [3.05, 3.63) is 29.6 Å². The Labute approximate surface area is 99.0 Å². The van der Waals surface area contributed by atoms with E-state index in [1.54, 1.807) is 13.0 Å². The molecule has 0 aliphatic heterocycles. The number of hydrogen-bond acceptors (Lipinski definition) is 3. The fourth-order valence-electron chi connectivity index (χ4n) is 1.13. The van der Waals surface area contributed by atoms with Gasteiger partial charge in [0.25, 0.3) is 0 Å². The largest absolute Gasteiger partial charge is 0.493 e. The summed E-state index contributed by atoms with van der Waals surface area (Å²) in [4.78, 5) is 0.0213. The van der Waals surface area contributed by atoms with Gasteiger partial charge in [-0.2, -0.15) is 0 Å². The van der Waals surface area contributed by atoms with Crippen LogP contribution in [0, 0.1) is 5.82 Å². The van der Waals surface area contributed by atoms with Gasteiger partial charge in [-0.25, -0.2) is 4.39 Å². The first-order valence-corrected chi connectivity index (χ1v) is 5.31. The van der Waals surface area contributed by atoms with E-state index in [-0.39, 0.29) is 10.6 Å². The Morgan fingerprint density at radius 3 is 2.81 bits per heavy atom. The van der Waals surface area contributed by atoms with Gasteiger partial charge >= 0.3 is 0 Å². The lowest BCUT2D eigenvalue weighted by Gasteiger charge is -2.08. The predicted molar refractivity (Wildman–Crippen MR) is 64.1 cm³/mol. The lowest BCUT2D eigenvalue weighted by molar-refractivity contribution is 0.155. The fraction of sp³-hybridized carbons (Fsp3) is 0.364. The third-order valence-corrected chi connectivity index (χ3v) is 2.23. The molecule has 1 aromatic carbocycles. The maximum Gasteiger partial charge on any atom is 0.137 e. The predicted octanol–water partition coefficient (Wildman–Crippen LogP) is 1.61. The van der Waals surface area contributed by atoms with Gasteiger partial charge in [-0.1, -0.05) is 12.2 Å². The third-order valence-electron chi connectivity index (χ3n) is 2.01. The number of aliphatic hydroxyl groups is 1. The fourth-order valence-corrected chi connectivity index (χ4v) is 1.30. The van der Waals surface area contributed by atoms with Gasteiger partial charge in [-0.15, -0.1) is 0 Å². The van der Waals surface area contributed by atoms with Crippen LogP contribution in [-0.4, -0.2) is 22.8 Å². The third kappa shape index (κ3) is 3.75. The van der Waals surface area contributed by atoms with Crippen LogP contribution in [0.5, 0.6) is 5.75 Å². The summed E-state index contributed by atoms with van der Waals surface area (Å²) >= 11 is 4.68. The van der Waals surface area contributed by atoms with Crippen LogP contribution in [0.15, 0.2) is 18.2 Å². The molecule has 0 aliphatic rings. The summed E-state index contributed by atoms with van der Waals surface area (Å²) in [5, 5.41) is 9.01. The Bertz CT molecular complexity index is 382. The highest BCUT2D eigenvalue weighted by atomic mass is 32.1. The van der Waals surface area contributed by atoms with E-state index in [9.17, 15) is 4.39 Å². The Hall–Kier alpha value is -1.20. The summed E-state index contributed by atoms with van der Waals surface area (Å²) in [6.45, 7) is 2.00. The van der Waals surface area contributed by atoms with E-state index in [2.05, 4.69) is 12.2 Å². The van der Waals surface area contributed by atoms with Crippen LogP contribution in [0.4, 0.5) is 4.39 Å². The number of rotatable bonds is 5. The number of aliphatic hydroxyl groups excluding tert-OH is 1. The zero-order chi connectivity index (χ0) is 12.1. The van der Waals surface area contributed by atoms with Crippen LogP contribution in [0.25, 0.3) is 0 Å². The molecule has 0 saturated carbocycles. The molecule has 1 atom stereocenters. The molecule has 0 bridgehead atoms. The van der Waals surface area contributed by atoms with Crippen molar-refractivity contribution >= 4 is 17.2 Å².